The molecule has 0 radical (unpaired) electrons. The summed E-state index contributed by atoms with van der Waals surface area (Å²) in [6, 6.07) is 0.294. The fraction of sp³-hybridized carbons (Fsp3) is 0.909. The number of carbonyl (C=O) groups is 1. The Labute approximate surface area is 91.0 Å². The number of rotatable bonds is 6. The molecular formula is C11H21FN2O. The van der Waals surface area contributed by atoms with Gasteiger partial charge in [0.05, 0.1) is 0 Å². The number of nitrogens with one attached hydrogen (secondary N) is 1. The van der Waals surface area contributed by atoms with Crippen LogP contribution in [0.1, 0.15) is 32.6 Å². The summed E-state index contributed by atoms with van der Waals surface area (Å²) in [5, 5.41) is 2.78. The Morgan fingerprint density at radius 3 is 2.73 bits per heavy atom. The summed E-state index contributed by atoms with van der Waals surface area (Å²) in [4.78, 5) is 12.4. The third kappa shape index (κ3) is 4.60. The van der Waals surface area contributed by atoms with Gasteiger partial charge in [-0.1, -0.05) is 13.3 Å². The maximum Gasteiger partial charge on any atom is 0.207 e. The van der Waals surface area contributed by atoms with E-state index in [9.17, 15) is 9.18 Å². The zero-order valence-corrected chi connectivity index (χ0v) is 9.42. The summed E-state index contributed by atoms with van der Waals surface area (Å²) in [6.45, 7) is 4.36. The number of alkyl halides is 1. The molecular weight excluding hydrogens is 195 g/mol. The minimum Gasteiger partial charge on any atom is -0.356 e. The number of hydrogen-bond acceptors (Lipinski definition) is 2. The first-order chi connectivity index (χ1) is 7.26. The summed E-state index contributed by atoms with van der Waals surface area (Å²) in [5.41, 5.74) is 0. The van der Waals surface area contributed by atoms with E-state index >= 15 is 0 Å². The monoisotopic (exact) mass is 216 g/mol. The van der Waals surface area contributed by atoms with Crippen LogP contribution in [0.4, 0.5) is 4.39 Å². The number of piperidine rings is 1. The third-order valence-electron chi connectivity index (χ3n) is 2.95. The molecule has 15 heavy (non-hydrogen) atoms. The highest BCUT2D eigenvalue weighted by molar-refractivity contribution is 5.46. The molecule has 0 aliphatic carbocycles. The van der Waals surface area contributed by atoms with Gasteiger partial charge in [-0.3, -0.25) is 4.79 Å². The van der Waals surface area contributed by atoms with Gasteiger partial charge in [-0.05, 0) is 19.3 Å². The van der Waals surface area contributed by atoms with Crippen LogP contribution in [0.15, 0.2) is 0 Å². The van der Waals surface area contributed by atoms with Crippen molar-refractivity contribution in [3.8, 4) is 0 Å². The molecule has 0 spiro atoms. The van der Waals surface area contributed by atoms with Crippen molar-refractivity contribution in [3.05, 3.63) is 0 Å². The lowest BCUT2D eigenvalue weighted by molar-refractivity contribution is -0.110. The molecule has 0 aromatic heterocycles. The van der Waals surface area contributed by atoms with Crippen LogP contribution >= 0.6 is 0 Å². The standard InChI is InChI=1S/C11H21FN2O/c1-2-3-10(12)8-14-6-4-11(5-7-14)13-9-15/h9-11H,2-8H2,1H3,(H,13,15). The van der Waals surface area contributed by atoms with Crippen molar-refractivity contribution in [3.63, 3.8) is 0 Å². The molecule has 1 atom stereocenters. The number of amides is 1. The van der Waals surface area contributed by atoms with Crippen LogP contribution in [0.3, 0.4) is 0 Å². The van der Waals surface area contributed by atoms with Gasteiger partial charge in [-0.25, -0.2) is 4.39 Å². The van der Waals surface area contributed by atoms with Crippen LogP contribution in [0, 0.1) is 0 Å². The SMILES string of the molecule is CCCC(F)CN1CCC(NC=O)CC1. The van der Waals surface area contributed by atoms with E-state index in [1.807, 2.05) is 6.92 Å². The quantitative estimate of drug-likeness (QED) is 0.679. The van der Waals surface area contributed by atoms with Crippen LogP contribution in [0.5, 0.6) is 0 Å². The molecule has 0 aromatic carbocycles. The third-order valence-corrected chi connectivity index (χ3v) is 2.95. The first-order valence-electron chi connectivity index (χ1n) is 5.82. The molecule has 1 aliphatic heterocycles. The molecule has 1 amide bonds. The van der Waals surface area contributed by atoms with Crippen molar-refractivity contribution in [1.82, 2.24) is 10.2 Å². The summed E-state index contributed by atoms with van der Waals surface area (Å²) in [6.07, 6.45) is 3.52. The van der Waals surface area contributed by atoms with Crippen LogP contribution in [-0.2, 0) is 4.79 Å². The number of halogens is 1. The zero-order chi connectivity index (χ0) is 11.1. The van der Waals surface area contributed by atoms with Gasteiger partial charge in [0, 0.05) is 25.7 Å². The van der Waals surface area contributed by atoms with Gasteiger partial charge >= 0.3 is 0 Å². The lowest BCUT2D eigenvalue weighted by atomic mass is 10.0. The van der Waals surface area contributed by atoms with Gasteiger partial charge in [0.15, 0.2) is 0 Å². The summed E-state index contributed by atoms with van der Waals surface area (Å²) < 4.78 is 13.3. The van der Waals surface area contributed by atoms with E-state index in [1.165, 1.54) is 0 Å². The molecule has 3 nitrogen and oxygen atoms in total. The van der Waals surface area contributed by atoms with Gasteiger partial charge < -0.3 is 10.2 Å². The van der Waals surface area contributed by atoms with E-state index in [2.05, 4.69) is 10.2 Å². The molecule has 1 fully saturated rings. The first-order valence-corrected chi connectivity index (χ1v) is 5.82. The molecule has 1 rings (SSSR count). The van der Waals surface area contributed by atoms with Gasteiger partial charge in [-0.15, -0.1) is 0 Å². The Morgan fingerprint density at radius 2 is 2.20 bits per heavy atom. The molecule has 1 saturated heterocycles. The second-order valence-electron chi connectivity index (χ2n) is 4.25. The number of hydrogen-bond donors (Lipinski definition) is 1. The smallest absolute Gasteiger partial charge is 0.207 e. The van der Waals surface area contributed by atoms with Gasteiger partial charge in [-0.2, -0.15) is 0 Å². The van der Waals surface area contributed by atoms with Gasteiger partial charge in [0.2, 0.25) is 6.41 Å². The largest absolute Gasteiger partial charge is 0.356 e. The Kier molecular flexibility index (Phi) is 5.61. The number of likely N-dealkylation sites (tertiary alicyclic amines) is 1. The van der Waals surface area contributed by atoms with Crippen LogP contribution in [0.25, 0.3) is 0 Å². The molecule has 1 aliphatic rings. The fourth-order valence-corrected chi connectivity index (χ4v) is 2.06. The maximum absolute atomic E-state index is 13.3. The Bertz CT molecular complexity index is 181. The lowest BCUT2D eigenvalue weighted by Crippen LogP contribution is -2.44. The first kappa shape index (κ1) is 12.4. The van der Waals surface area contributed by atoms with E-state index in [1.54, 1.807) is 0 Å². The lowest BCUT2D eigenvalue weighted by Gasteiger charge is -2.32. The summed E-state index contributed by atoms with van der Waals surface area (Å²) in [5.74, 6) is 0. The van der Waals surface area contributed by atoms with Gasteiger partial charge in [0.25, 0.3) is 0 Å². The van der Waals surface area contributed by atoms with Crippen molar-refractivity contribution in [2.45, 2.75) is 44.8 Å². The highest BCUT2D eigenvalue weighted by Crippen LogP contribution is 2.12. The minimum atomic E-state index is -0.689. The fourth-order valence-electron chi connectivity index (χ4n) is 2.06. The van der Waals surface area contributed by atoms with E-state index in [0.29, 0.717) is 19.0 Å². The van der Waals surface area contributed by atoms with Crippen LogP contribution in [0.2, 0.25) is 0 Å². The molecule has 88 valence electrons. The van der Waals surface area contributed by atoms with E-state index in [4.69, 9.17) is 0 Å². The van der Waals surface area contributed by atoms with Crippen molar-refractivity contribution in [2.24, 2.45) is 0 Å². The molecule has 1 unspecified atom stereocenters. The molecule has 0 aromatic rings. The predicted octanol–water partition coefficient (Wildman–Crippen LogP) is 1.33. The van der Waals surface area contributed by atoms with Crippen molar-refractivity contribution >= 4 is 6.41 Å². The molecule has 4 heteroatoms. The molecule has 1 heterocycles. The van der Waals surface area contributed by atoms with Crippen LogP contribution < -0.4 is 5.32 Å². The van der Waals surface area contributed by atoms with Crippen molar-refractivity contribution in [2.75, 3.05) is 19.6 Å². The second kappa shape index (κ2) is 6.77. The normalized spacial score (nSPS) is 21.2. The van der Waals surface area contributed by atoms with Crippen molar-refractivity contribution < 1.29 is 9.18 Å². The molecule has 1 N–H and O–H groups in total. The second-order valence-corrected chi connectivity index (χ2v) is 4.25. The minimum absolute atomic E-state index is 0.294. The maximum atomic E-state index is 13.3. The van der Waals surface area contributed by atoms with E-state index in [0.717, 1.165) is 38.8 Å². The molecule has 0 saturated carbocycles. The summed E-state index contributed by atoms with van der Waals surface area (Å²) in [7, 11) is 0. The Hall–Kier alpha value is -0.640. The topological polar surface area (TPSA) is 32.3 Å². The Morgan fingerprint density at radius 1 is 1.53 bits per heavy atom. The van der Waals surface area contributed by atoms with E-state index < -0.39 is 6.17 Å². The Balaban J connectivity index is 2.16. The predicted molar refractivity (Wildman–Crippen MR) is 58.5 cm³/mol. The summed E-state index contributed by atoms with van der Waals surface area (Å²) >= 11 is 0. The van der Waals surface area contributed by atoms with E-state index in [-0.39, 0.29) is 0 Å². The number of nitrogens with zero attached hydrogens (tertiary/aromatic N) is 1. The average molecular weight is 216 g/mol. The molecule has 0 bridgehead atoms. The zero-order valence-electron chi connectivity index (χ0n) is 9.42. The van der Waals surface area contributed by atoms with Crippen LogP contribution in [-0.4, -0.2) is 43.2 Å². The number of carbonyl (C=O) groups excluding carboxylic acids is 1. The highest BCUT2D eigenvalue weighted by atomic mass is 19.1. The van der Waals surface area contributed by atoms with Gasteiger partial charge in [0.1, 0.15) is 6.17 Å². The average Bonchev–Trinajstić information content (AvgIpc) is 2.22. The van der Waals surface area contributed by atoms with Crippen molar-refractivity contribution in [1.29, 1.82) is 0 Å². The highest BCUT2D eigenvalue weighted by Gasteiger charge is 2.20.